The van der Waals surface area contributed by atoms with E-state index in [9.17, 15) is 4.79 Å². The molecule has 2 aliphatic rings. The van der Waals surface area contributed by atoms with Crippen molar-refractivity contribution in [3.05, 3.63) is 56.1 Å². The Kier molecular flexibility index (Phi) is 7.30. The lowest BCUT2D eigenvalue weighted by atomic mass is 9.90. The summed E-state index contributed by atoms with van der Waals surface area (Å²) >= 11 is 8.47. The van der Waals surface area contributed by atoms with E-state index in [4.69, 9.17) is 21.1 Å². The fraction of sp³-hybridized carbons (Fsp3) is 0.440. The lowest BCUT2D eigenvalue weighted by Gasteiger charge is -2.15. The topological polar surface area (TPSA) is 59.9 Å². The predicted molar refractivity (Wildman–Crippen MR) is 135 cm³/mol. The van der Waals surface area contributed by atoms with E-state index in [-0.39, 0.29) is 17.2 Å². The quantitative estimate of drug-likeness (QED) is 0.235. The number of hydrogen-bond donors (Lipinski definition) is 1. The molecule has 0 spiro atoms. The largest absolute Gasteiger partial charge is 0.490 e. The molecule has 0 saturated heterocycles. The number of nitrogens with zero attached hydrogens (tertiary/aromatic N) is 1. The smallest absolute Gasteiger partial charge is 0.244 e. The van der Waals surface area contributed by atoms with Crippen molar-refractivity contribution in [2.45, 2.75) is 46.1 Å². The molecule has 32 heavy (non-hydrogen) atoms. The molecule has 3 atom stereocenters. The SMILES string of the molecule is CCOc1cc(/C=N/NC(=O)C2C3CCCCC32C)cc(I)c1OCc1ccccc1Cl. The minimum Gasteiger partial charge on any atom is -0.490 e. The number of amides is 1. The highest BCUT2D eigenvalue weighted by Crippen LogP contribution is 2.66. The fourth-order valence-corrected chi connectivity index (χ4v) is 5.89. The molecule has 2 aromatic rings. The van der Waals surface area contributed by atoms with Gasteiger partial charge in [0.05, 0.1) is 16.4 Å². The van der Waals surface area contributed by atoms with Gasteiger partial charge < -0.3 is 9.47 Å². The first kappa shape index (κ1) is 23.4. The van der Waals surface area contributed by atoms with Gasteiger partial charge in [-0.15, -0.1) is 0 Å². The Morgan fingerprint density at radius 2 is 2.12 bits per heavy atom. The van der Waals surface area contributed by atoms with Crippen LogP contribution in [0.1, 0.15) is 50.7 Å². The molecule has 0 radical (unpaired) electrons. The van der Waals surface area contributed by atoms with Gasteiger partial charge in [0.25, 0.3) is 0 Å². The van der Waals surface area contributed by atoms with Gasteiger partial charge in [-0.2, -0.15) is 5.10 Å². The Hall–Kier alpha value is -1.80. The van der Waals surface area contributed by atoms with Crippen LogP contribution in [-0.2, 0) is 11.4 Å². The number of carbonyl (C=O) groups is 1. The van der Waals surface area contributed by atoms with Crippen LogP contribution in [0.5, 0.6) is 11.5 Å². The maximum absolute atomic E-state index is 12.6. The average molecular weight is 567 g/mol. The Balaban J connectivity index is 1.43. The van der Waals surface area contributed by atoms with Crippen LogP contribution in [0.4, 0.5) is 0 Å². The molecule has 0 aromatic heterocycles. The number of hydrazone groups is 1. The van der Waals surface area contributed by atoms with E-state index in [0.29, 0.717) is 35.7 Å². The molecule has 0 bridgehead atoms. The number of benzene rings is 2. The van der Waals surface area contributed by atoms with Gasteiger partial charge in [0.2, 0.25) is 5.91 Å². The molecule has 0 aliphatic heterocycles. The molecule has 170 valence electrons. The Morgan fingerprint density at radius 3 is 2.84 bits per heavy atom. The van der Waals surface area contributed by atoms with Crippen LogP contribution >= 0.6 is 34.2 Å². The molecule has 0 heterocycles. The standard InChI is InChI=1S/C25H28ClIN2O3/c1-3-31-21-13-16(12-20(27)23(21)32-15-17-8-4-5-10-19(17)26)14-28-29-24(30)22-18-9-6-7-11-25(18,22)2/h4-5,8,10,12-14,18,22H,3,6-7,9,11,15H2,1-2H3,(H,29,30)/b28-14+. The summed E-state index contributed by atoms with van der Waals surface area (Å²) < 4.78 is 12.8. The van der Waals surface area contributed by atoms with E-state index in [2.05, 4.69) is 40.0 Å². The second kappa shape index (κ2) is 10.00. The average Bonchev–Trinajstić information content (AvgIpc) is 3.40. The van der Waals surface area contributed by atoms with Crippen LogP contribution < -0.4 is 14.9 Å². The third-order valence-corrected chi connectivity index (χ3v) is 7.83. The summed E-state index contributed by atoms with van der Waals surface area (Å²) in [7, 11) is 0. The first-order chi connectivity index (χ1) is 15.4. The number of carbonyl (C=O) groups excluding carboxylic acids is 1. The first-order valence-electron chi connectivity index (χ1n) is 11.1. The Labute approximate surface area is 208 Å². The minimum atomic E-state index is 0.0371. The van der Waals surface area contributed by atoms with Crippen molar-refractivity contribution in [3.63, 3.8) is 0 Å². The second-order valence-corrected chi connectivity index (χ2v) is 10.3. The third kappa shape index (κ3) is 4.91. The Bertz CT molecular complexity index is 1030. The minimum absolute atomic E-state index is 0.0371. The second-order valence-electron chi connectivity index (χ2n) is 8.71. The van der Waals surface area contributed by atoms with Gasteiger partial charge in [0, 0.05) is 16.5 Å². The molecular formula is C25H28ClIN2O3. The van der Waals surface area contributed by atoms with E-state index in [1.165, 1.54) is 12.8 Å². The molecule has 3 unspecified atom stereocenters. The lowest BCUT2D eigenvalue weighted by molar-refractivity contribution is -0.123. The molecule has 2 aliphatic carbocycles. The zero-order valence-corrected chi connectivity index (χ0v) is 21.3. The van der Waals surface area contributed by atoms with Gasteiger partial charge in [-0.25, -0.2) is 5.43 Å². The van der Waals surface area contributed by atoms with Gasteiger partial charge in [-0.3, -0.25) is 4.79 Å². The normalized spacial score (nSPS) is 24.1. The highest BCUT2D eigenvalue weighted by atomic mass is 127. The molecule has 2 fully saturated rings. The van der Waals surface area contributed by atoms with E-state index < -0.39 is 0 Å². The number of fused-ring (bicyclic) bond motifs is 1. The van der Waals surface area contributed by atoms with Crippen molar-refractivity contribution in [1.82, 2.24) is 5.43 Å². The zero-order chi connectivity index (χ0) is 22.7. The number of hydrogen-bond acceptors (Lipinski definition) is 4. The van der Waals surface area contributed by atoms with E-state index in [1.54, 1.807) is 6.21 Å². The maximum atomic E-state index is 12.6. The van der Waals surface area contributed by atoms with Gasteiger partial charge in [-0.05, 0) is 77.5 Å². The van der Waals surface area contributed by atoms with Crippen LogP contribution in [-0.4, -0.2) is 18.7 Å². The fourth-order valence-electron chi connectivity index (χ4n) is 4.92. The van der Waals surface area contributed by atoms with Crippen molar-refractivity contribution in [1.29, 1.82) is 0 Å². The van der Waals surface area contributed by atoms with Crippen LogP contribution in [0.2, 0.25) is 5.02 Å². The number of halogens is 2. The third-order valence-electron chi connectivity index (χ3n) is 6.66. The molecule has 7 heteroatoms. The van der Waals surface area contributed by atoms with Crippen LogP contribution in [0.25, 0.3) is 0 Å². The summed E-state index contributed by atoms with van der Waals surface area (Å²) in [4.78, 5) is 12.6. The maximum Gasteiger partial charge on any atom is 0.244 e. The molecule has 5 nitrogen and oxygen atoms in total. The summed E-state index contributed by atoms with van der Waals surface area (Å²) in [6, 6.07) is 11.4. The molecule has 4 rings (SSSR count). The van der Waals surface area contributed by atoms with Gasteiger partial charge in [0.1, 0.15) is 6.61 Å². The van der Waals surface area contributed by atoms with Crippen LogP contribution in [0.15, 0.2) is 41.5 Å². The monoisotopic (exact) mass is 566 g/mol. The number of nitrogens with one attached hydrogen (secondary N) is 1. The molecule has 2 aromatic carbocycles. The summed E-state index contributed by atoms with van der Waals surface area (Å²) in [6.07, 6.45) is 6.42. The molecular weight excluding hydrogens is 539 g/mol. The van der Waals surface area contributed by atoms with Crippen molar-refractivity contribution >= 4 is 46.3 Å². The molecule has 1 N–H and O–H groups in total. The van der Waals surface area contributed by atoms with Crippen molar-refractivity contribution < 1.29 is 14.3 Å². The summed E-state index contributed by atoms with van der Waals surface area (Å²) in [5, 5.41) is 4.90. The first-order valence-corrected chi connectivity index (χ1v) is 12.5. The summed E-state index contributed by atoms with van der Waals surface area (Å²) in [5.74, 6) is 1.96. The number of rotatable bonds is 8. The number of ether oxygens (including phenoxy) is 2. The molecule has 2 saturated carbocycles. The van der Waals surface area contributed by atoms with E-state index in [1.807, 2.05) is 43.3 Å². The zero-order valence-electron chi connectivity index (χ0n) is 18.4. The van der Waals surface area contributed by atoms with Crippen molar-refractivity contribution in [3.8, 4) is 11.5 Å². The Morgan fingerprint density at radius 1 is 1.31 bits per heavy atom. The van der Waals surface area contributed by atoms with Gasteiger partial charge in [-0.1, -0.05) is 49.6 Å². The predicted octanol–water partition coefficient (Wildman–Crippen LogP) is 6.20. The van der Waals surface area contributed by atoms with Gasteiger partial charge >= 0.3 is 0 Å². The highest BCUT2D eigenvalue weighted by molar-refractivity contribution is 14.1. The van der Waals surface area contributed by atoms with Crippen LogP contribution in [0, 0.1) is 20.8 Å². The van der Waals surface area contributed by atoms with E-state index in [0.717, 1.165) is 27.5 Å². The van der Waals surface area contributed by atoms with Gasteiger partial charge in [0.15, 0.2) is 11.5 Å². The summed E-state index contributed by atoms with van der Waals surface area (Å²) in [5.41, 5.74) is 4.68. The van der Waals surface area contributed by atoms with Crippen molar-refractivity contribution in [2.24, 2.45) is 22.4 Å². The lowest BCUT2D eigenvalue weighted by Crippen LogP contribution is -2.22. The highest BCUT2D eigenvalue weighted by Gasteiger charge is 2.64. The summed E-state index contributed by atoms with van der Waals surface area (Å²) in [6.45, 7) is 5.03. The van der Waals surface area contributed by atoms with Crippen LogP contribution in [0.3, 0.4) is 0 Å². The van der Waals surface area contributed by atoms with E-state index >= 15 is 0 Å². The van der Waals surface area contributed by atoms with Crippen molar-refractivity contribution in [2.75, 3.05) is 6.61 Å². The molecule has 1 amide bonds.